The zero-order chi connectivity index (χ0) is 15.1. The number of aryl methyl sites for hydroxylation is 2. The molecule has 20 heavy (non-hydrogen) atoms. The lowest BCUT2D eigenvalue weighted by molar-refractivity contribution is -0.141. The SMILES string of the molecule is CCC(CNC(=O)COc1c(C)cccc1C)C(=O)O. The van der Waals surface area contributed by atoms with E-state index in [0.717, 1.165) is 11.1 Å². The summed E-state index contributed by atoms with van der Waals surface area (Å²) < 4.78 is 5.50. The maximum Gasteiger partial charge on any atom is 0.308 e. The van der Waals surface area contributed by atoms with Crippen molar-refractivity contribution in [2.75, 3.05) is 13.2 Å². The molecule has 2 N–H and O–H groups in total. The summed E-state index contributed by atoms with van der Waals surface area (Å²) in [4.78, 5) is 22.5. The molecule has 1 atom stereocenters. The maximum absolute atomic E-state index is 11.7. The van der Waals surface area contributed by atoms with Crippen LogP contribution < -0.4 is 10.1 Å². The third-order valence-electron chi connectivity index (χ3n) is 3.14. The van der Waals surface area contributed by atoms with Crippen molar-refractivity contribution in [3.05, 3.63) is 29.3 Å². The number of para-hydroxylation sites is 1. The van der Waals surface area contributed by atoms with Crippen LogP contribution in [0.3, 0.4) is 0 Å². The molecule has 0 fully saturated rings. The summed E-state index contributed by atoms with van der Waals surface area (Å²) in [6.07, 6.45) is 0.480. The summed E-state index contributed by atoms with van der Waals surface area (Å²) >= 11 is 0. The topological polar surface area (TPSA) is 75.6 Å². The normalized spacial score (nSPS) is 11.8. The minimum Gasteiger partial charge on any atom is -0.483 e. The molecule has 0 aliphatic rings. The van der Waals surface area contributed by atoms with E-state index >= 15 is 0 Å². The van der Waals surface area contributed by atoms with Gasteiger partial charge in [-0.3, -0.25) is 9.59 Å². The number of rotatable bonds is 7. The molecule has 1 amide bonds. The Labute approximate surface area is 118 Å². The molecule has 1 rings (SSSR count). The highest BCUT2D eigenvalue weighted by atomic mass is 16.5. The van der Waals surface area contributed by atoms with Crippen molar-refractivity contribution in [2.45, 2.75) is 27.2 Å². The first-order valence-corrected chi connectivity index (χ1v) is 6.64. The number of aliphatic carboxylic acids is 1. The van der Waals surface area contributed by atoms with E-state index in [0.29, 0.717) is 12.2 Å². The molecule has 1 aromatic rings. The minimum absolute atomic E-state index is 0.109. The van der Waals surface area contributed by atoms with Gasteiger partial charge in [-0.15, -0.1) is 0 Å². The number of carbonyl (C=O) groups is 2. The average molecular weight is 279 g/mol. The lowest BCUT2D eigenvalue weighted by Crippen LogP contribution is -2.35. The Morgan fingerprint density at radius 1 is 1.30 bits per heavy atom. The molecule has 0 aliphatic carbocycles. The lowest BCUT2D eigenvalue weighted by atomic mass is 10.1. The number of carboxylic acid groups (broad SMARTS) is 1. The number of ether oxygens (including phenoxy) is 1. The Morgan fingerprint density at radius 3 is 2.40 bits per heavy atom. The number of amides is 1. The molecule has 0 aliphatic heterocycles. The van der Waals surface area contributed by atoms with Gasteiger partial charge in [0.15, 0.2) is 6.61 Å². The molecule has 0 saturated heterocycles. The van der Waals surface area contributed by atoms with E-state index in [9.17, 15) is 9.59 Å². The van der Waals surface area contributed by atoms with Gasteiger partial charge in [0.25, 0.3) is 5.91 Å². The second-order valence-electron chi connectivity index (χ2n) is 4.76. The first-order valence-electron chi connectivity index (χ1n) is 6.64. The van der Waals surface area contributed by atoms with Gasteiger partial charge in [0.2, 0.25) is 0 Å². The number of benzene rings is 1. The Balaban J connectivity index is 2.46. The average Bonchev–Trinajstić information content (AvgIpc) is 2.38. The van der Waals surface area contributed by atoms with Crippen LogP contribution in [0.4, 0.5) is 0 Å². The third kappa shape index (κ3) is 4.57. The lowest BCUT2D eigenvalue weighted by Gasteiger charge is -2.13. The molecule has 0 spiro atoms. The van der Waals surface area contributed by atoms with Crippen molar-refractivity contribution in [1.29, 1.82) is 0 Å². The van der Waals surface area contributed by atoms with Crippen molar-refractivity contribution >= 4 is 11.9 Å². The Hall–Kier alpha value is -2.04. The third-order valence-corrected chi connectivity index (χ3v) is 3.14. The van der Waals surface area contributed by atoms with Crippen molar-refractivity contribution in [3.8, 4) is 5.75 Å². The van der Waals surface area contributed by atoms with Crippen molar-refractivity contribution in [2.24, 2.45) is 5.92 Å². The van der Waals surface area contributed by atoms with Crippen LogP contribution in [0.15, 0.2) is 18.2 Å². The van der Waals surface area contributed by atoms with E-state index in [-0.39, 0.29) is 19.1 Å². The van der Waals surface area contributed by atoms with Crippen LogP contribution in [-0.4, -0.2) is 30.1 Å². The molecular weight excluding hydrogens is 258 g/mol. The van der Waals surface area contributed by atoms with Crippen molar-refractivity contribution < 1.29 is 19.4 Å². The summed E-state index contributed by atoms with van der Waals surface area (Å²) in [7, 11) is 0. The first-order chi connectivity index (χ1) is 9.45. The van der Waals surface area contributed by atoms with E-state index in [1.54, 1.807) is 6.92 Å². The zero-order valence-corrected chi connectivity index (χ0v) is 12.1. The summed E-state index contributed by atoms with van der Waals surface area (Å²) in [5, 5.41) is 11.5. The van der Waals surface area contributed by atoms with E-state index in [1.165, 1.54) is 0 Å². The van der Waals surface area contributed by atoms with Gasteiger partial charge in [-0.1, -0.05) is 25.1 Å². The second-order valence-corrected chi connectivity index (χ2v) is 4.76. The highest BCUT2D eigenvalue weighted by molar-refractivity contribution is 5.78. The molecule has 0 radical (unpaired) electrons. The van der Waals surface area contributed by atoms with Gasteiger partial charge < -0.3 is 15.2 Å². The minimum atomic E-state index is -0.900. The fourth-order valence-electron chi connectivity index (χ4n) is 1.86. The van der Waals surface area contributed by atoms with E-state index < -0.39 is 11.9 Å². The number of hydrogen-bond acceptors (Lipinski definition) is 3. The van der Waals surface area contributed by atoms with Crippen LogP contribution in [0.1, 0.15) is 24.5 Å². The number of carbonyl (C=O) groups excluding carboxylic acids is 1. The maximum atomic E-state index is 11.7. The first kappa shape index (κ1) is 16.0. The quantitative estimate of drug-likeness (QED) is 0.799. The van der Waals surface area contributed by atoms with Crippen LogP contribution in [0.25, 0.3) is 0 Å². The second kappa shape index (κ2) is 7.53. The summed E-state index contributed by atoms with van der Waals surface area (Å²) in [6, 6.07) is 5.76. The van der Waals surface area contributed by atoms with Gasteiger partial charge in [-0.2, -0.15) is 0 Å². The van der Waals surface area contributed by atoms with Gasteiger partial charge in [-0.05, 0) is 31.4 Å². The zero-order valence-electron chi connectivity index (χ0n) is 12.1. The van der Waals surface area contributed by atoms with Crippen molar-refractivity contribution in [1.82, 2.24) is 5.32 Å². The van der Waals surface area contributed by atoms with E-state index in [4.69, 9.17) is 9.84 Å². The number of hydrogen-bond donors (Lipinski definition) is 2. The number of nitrogens with one attached hydrogen (secondary N) is 1. The standard InChI is InChI=1S/C15H21NO4/c1-4-12(15(18)19)8-16-13(17)9-20-14-10(2)6-5-7-11(14)3/h5-7,12H,4,8-9H2,1-3H3,(H,16,17)(H,18,19). The molecule has 0 bridgehead atoms. The summed E-state index contributed by atoms with van der Waals surface area (Å²) in [6.45, 7) is 5.62. The highest BCUT2D eigenvalue weighted by Crippen LogP contribution is 2.21. The highest BCUT2D eigenvalue weighted by Gasteiger charge is 2.16. The largest absolute Gasteiger partial charge is 0.483 e. The molecule has 1 unspecified atom stereocenters. The molecular formula is C15H21NO4. The summed E-state index contributed by atoms with van der Waals surface area (Å²) in [5.74, 6) is -1.07. The van der Waals surface area contributed by atoms with Crippen LogP contribution in [0, 0.1) is 19.8 Å². The number of carboxylic acids is 1. The van der Waals surface area contributed by atoms with Crippen LogP contribution in [-0.2, 0) is 9.59 Å². The van der Waals surface area contributed by atoms with Gasteiger partial charge in [0.05, 0.1) is 5.92 Å². The predicted molar refractivity (Wildman–Crippen MR) is 75.8 cm³/mol. The summed E-state index contributed by atoms with van der Waals surface area (Å²) in [5.41, 5.74) is 1.93. The van der Waals surface area contributed by atoms with Gasteiger partial charge >= 0.3 is 5.97 Å². The molecule has 1 aromatic carbocycles. The van der Waals surface area contributed by atoms with E-state index in [1.807, 2.05) is 32.0 Å². The molecule has 0 aromatic heterocycles. The molecule has 5 heteroatoms. The Kier molecular flexibility index (Phi) is 6.03. The fraction of sp³-hybridized carbons (Fsp3) is 0.467. The van der Waals surface area contributed by atoms with Gasteiger partial charge in [-0.25, -0.2) is 0 Å². The molecule has 5 nitrogen and oxygen atoms in total. The Bertz CT molecular complexity index is 465. The molecule has 110 valence electrons. The molecule has 0 heterocycles. The fourth-order valence-corrected chi connectivity index (χ4v) is 1.86. The monoisotopic (exact) mass is 279 g/mol. The van der Waals surface area contributed by atoms with Crippen LogP contribution in [0.2, 0.25) is 0 Å². The van der Waals surface area contributed by atoms with Gasteiger partial charge in [0.1, 0.15) is 5.75 Å². The predicted octanol–water partition coefficient (Wildman–Crippen LogP) is 1.91. The smallest absolute Gasteiger partial charge is 0.308 e. The molecule has 0 saturated carbocycles. The van der Waals surface area contributed by atoms with Crippen LogP contribution >= 0.6 is 0 Å². The van der Waals surface area contributed by atoms with Gasteiger partial charge in [0, 0.05) is 6.54 Å². The van der Waals surface area contributed by atoms with Crippen LogP contribution in [0.5, 0.6) is 5.75 Å². The van der Waals surface area contributed by atoms with Crippen molar-refractivity contribution in [3.63, 3.8) is 0 Å². The van der Waals surface area contributed by atoms with E-state index in [2.05, 4.69) is 5.32 Å². The Morgan fingerprint density at radius 2 is 1.90 bits per heavy atom.